The Labute approximate surface area is 230 Å². The molecule has 5 rings (SSSR count). The van der Waals surface area contributed by atoms with Crippen LogP contribution in [0.4, 0.5) is 5.69 Å². The van der Waals surface area contributed by atoms with E-state index in [9.17, 15) is 29.4 Å². The van der Waals surface area contributed by atoms with E-state index in [1.54, 1.807) is 67.6 Å². The van der Waals surface area contributed by atoms with Crippen molar-refractivity contribution in [3.63, 3.8) is 0 Å². The molecule has 2 aliphatic rings. The number of carbonyl (C=O) groups is 2. The van der Waals surface area contributed by atoms with E-state index in [1.165, 1.54) is 36.1 Å². The summed E-state index contributed by atoms with van der Waals surface area (Å²) in [4.78, 5) is 38.3. The molecule has 3 aromatic rings. The minimum Gasteiger partial charge on any atom is -0.456 e. The van der Waals surface area contributed by atoms with E-state index in [0.29, 0.717) is 16.2 Å². The second-order valence-electron chi connectivity index (χ2n) is 9.78. The molecule has 0 aromatic heterocycles. The molecule has 2 aliphatic heterocycles. The number of aliphatic hydroxyl groups excluding tert-OH is 1. The predicted molar refractivity (Wildman–Crippen MR) is 146 cm³/mol. The van der Waals surface area contributed by atoms with Crippen molar-refractivity contribution in [1.82, 2.24) is 4.90 Å². The molecule has 0 aliphatic carbocycles. The van der Waals surface area contributed by atoms with Gasteiger partial charge in [0.05, 0.1) is 33.6 Å². The first-order valence-corrected chi connectivity index (χ1v) is 14.3. The predicted octanol–water partition coefficient (Wildman–Crippen LogP) is 3.65. The third kappa shape index (κ3) is 4.69. The molecule has 3 aromatic carbocycles. The number of nitro benzene ring substituents is 1. The summed E-state index contributed by atoms with van der Waals surface area (Å²) in [5.74, 6) is -2.61. The van der Waals surface area contributed by atoms with Crippen LogP contribution in [-0.2, 0) is 30.0 Å². The van der Waals surface area contributed by atoms with Crippen LogP contribution < -0.4 is 10.6 Å². The van der Waals surface area contributed by atoms with Crippen LogP contribution in [-0.4, -0.2) is 39.0 Å². The fourth-order valence-corrected chi connectivity index (χ4v) is 7.37. The summed E-state index contributed by atoms with van der Waals surface area (Å²) in [5, 5.41) is 22.1. The molecule has 1 saturated heterocycles. The van der Waals surface area contributed by atoms with Crippen LogP contribution in [0.15, 0.2) is 96.4 Å². The van der Waals surface area contributed by atoms with E-state index in [0.717, 1.165) is 0 Å². The van der Waals surface area contributed by atoms with Gasteiger partial charge in [-0.2, -0.15) is 0 Å². The molecule has 2 heterocycles. The molecule has 0 saturated carbocycles. The number of aliphatic hydroxyl groups is 1. The number of hydrogen-bond donors (Lipinski definition) is 1. The van der Waals surface area contributed by atoms with Crippen molar-refractivity contribution in [2.75, 3.05) is 0 Å². The van der Waals surface area contributed by atoms with Gasteiger partial charge in [0.2, 0.25) is 5.91 Å². The molecule has 11 heteroatoms. The number of carbonyl (C=O) groups excluding carboxylic acids is 2. The Bertz CT molecular complexity index is 1480. The number of rotatable bonds is 9. The van der Waals surface area contributed by atoms with Gasteiger partial charge in [-0.05, 0) is 48.9 Å². The summed E-state index contributed by atoms with van der Waals surface area (Å²) < 4.78 is 26.5. The first-order chi connectivity index (χ1) is 19.1. The second-order valence-corrected chi connectivity index (χ2v) is 12.1. The molecule has 1 N–H and O–H groups in total. The average molecular weight is 563 g/mol. The maximum atomic E-state index is 14.7. The van der Waals surface area contributed by atoms with Gasteiger partial charge in [0.15, 0.2) is 5.70 Å². The van der Waals surface area contributed by atoms with E-state index >= 15 is 0 Å². The quantitative estimate of drug-likeness (QED) is 0.137. The standard InChI is InChI=1S/C29H27N2O8P/c1-18-25-24(19(2)32)28(33)30(25)26(29(34)38-17-20-13-15-21(16-14-20)31(35)36)27(18)39-40(37,22-9-5-3-6-10-22)23-11-7-4-8-12-23/h3-16,18-19,24-25,32H,17H2,1-2H3/t18-,19-,24?,25?/m1/s1. The summed E-state index contributed by atoms with van der Waals surface area (Å²) in [6.45, 7) is 3.05. The van der Waals surface area contributed by atoms with Crippen molar-refractivity contribution >= 4 is 35.5 Å². The van der Waals surface area contributed by atoms with Gasteiger partial charge < -0.3 is 14.4 Å². The summed E-state index contributed by atoms with van der Waals surface area (Å²) >= 11 is 0. The van der Waals surface area contributed by atoms with E-state index in [-0.39, 0.29) is 23.8 Å². The lowest BCUT2D eigenvalue weighted by Gasteiger charge is -2.46. The second kappa shape index (κ2) is 10.7. The number of hydrogen-bond acceptors (Lipinski definition) is 8. The van der Waals surface area contributed by atoms with Gasteiger partial charge in [-0.25, -0.2) is 4.79 Å². The van der Waals surface area contributed by atoms with Crippen LogP contribution in [0.1, 0.15) is 19.4 Å². The van der Waals surface area contributed by atoms with E-state index in [1.807, 2.05) is 0 Å². The number of fused-ring (bicyclic) bond motifs is 1. The zero-order chi connectivity index (χ0) is 28.6. The third-order valence-corrected chi connectivity index (χ3v) is 9.65. The molecular formula is C29H27N2O8P. The summed E-state index contributed by atoms with van der Waals surface area (Å²) in [5.41, 5.74) is 0.239. The minimum absolute atomic E-state index is 0.0474. The normalized spacial score (nSPS) is 20.9. The van der Waals surface area contributed by atoms with Crippen LogP contribution >= 0.6 is 7.37 Å². The highest BCUT2D eigenvalue weighted by molar-refractivity contribution is 7.74. The van der Waals surface area contributed by atoms with Crippen molar-refractivity contribution in [2.24, 2.45) is 11.8 Å². The lowest BCUT2D eigenvalue weighted by atomic mass is 9.79. The fraction of sp³-hybridized carbons (Fsp3) is 0.241. The van der Waals surface area contributed by atoms with Crippen LogP contribution in [0.5, 0.6) is 0 Å². The maximum absolute atomic E-state index is 14.7. The molecule has 0 bridgehead atoms. The molecule has 0 radical (unpaired) electrons. The van der Waals surface area contributed by atoms with Gasteiger partial charge in [-0.3, -0.25) is 24.4 Å². The van der Waals surface area contributed by atoms with E-state index in [4.69, 9.17) is 9.26 Å². The summed E-state index contributed by atoms with van der Waals surface area (Å²) in [6, 6.07) is 22.2. The Morgan fingerprint density at radius 3 is 2.08 bits per heavy atom. The maximum Gasteiger partial charge on any atom is 0.358 e. The Kier molecular flexibility index (Phi) is 7.31. The molecule has 1 fully saturated rings. The highest BCUT2D eigenvalue weighted by Gasteiger charge is 2.61. The largest absolute Gasteiger partial charge is 0.456 e. The van der Waals surface area contributed by atoms with E-state index in [2.05, 4.69) is 0 Å². The van der Waals surface area contributed by atoms with Crippen molar-refractivity contribution in [1.29, 1.82) is 0 Å². The summed E-state index contributed by atoms with van der Waals surface area (Å²) in [7, 11) is -3.80. The van der Waals surface area contributed by atoms with Crippen molar-refractivity contribution < 1.29 is 33.4 Å². The Morgan fingerprint density at radius 2 is 1.57 bits per heavy atom. The molecule has 10 nitrogen and oxygen atoms in total. The number of β-lactam (4-membered cyclic amide) rings is 1. The first kappa shape index (κ1) is 27.3. The molecule has 4 atom stereocenters. The van der Waals surface area contributed by atoms with Crippen LogP contribution in [0.2, 0.25) is 0 Å². The number of non-ortho nitro benzene ring substituents is 1. The zero-order valence-corrected chi connectivity index (χ0v) is 22.6. The highest BCUT2D eigenvalue weighted by Crippen LogP contribution is 2.55. The minimum atomic E-state index is -3.80. The number of nitrogens with zero attached hydrogens (tertiary/aromatic N) is 2. The Balaban J connectivity index is 1.53. The van der Waals surface area contributed by atoms with Gasteiger partial charge in [-0.15, -0.1) is 0 Å². The smallest absolute Gasteiger partial charge is 0.358 e. The third-order valence-electron chi connectivity index (χ3n) is 7.24. The molecule has 0 spiro atoms. The Morgan fingerprint density at radius 1 is 1.02 bits per heavy atom. The van der Waals surface area contributed by atoms with Crippen molar-refractivity contribution in [3.05, 3.63) is 112 Å². The van der Waals surface area contributed by atoms with Gasteiger partial charge in [0.25, 0.3) is 5.69 Å². The fourth-order valence-electron chi connectivity index (χ4n) is 5.21. The number of nitro groups is 1. The van der Waals surface area contributed by atoms with E-state index < -0.39 is 48.2 Å². The molecular weight excluding hydrogens is 535 g/mol. The first-order valence-electron chi connectivity index (χ1n) is 12.7. The van der Waals surface area contributed by atoms with Gasteiger partial charge in [0, 0.05) is 18.1 Å². The van der Waals surface area contributed by atoms with Gasteiger partial charge in [-0.1, -0.05) is 43.3 Å². The molecule has 1 amide bonds. The van der Waals surface area contributed by atoms with Crippen LogP contribution in [0.25, 0.3) is 0 Å². The lowest BCUT2D eigenvalue weighted by Crippen LogP contribution is -2.63. The molecule has 40 heavy (non-hydrogen) atoms. The SMILES string of the molecule is C[C@@H](O)C1C(=O)N2C(C(=O)OCc3ccc([N+](=O)[O-])cc3)=C(OP(=O)(c3ccccc3)c3ccccc3)[C@H](C)C12. The van der Waals surface area contributed by atoms with Crippen molar-refractivity contribution in [2.45, 2.75) is 32.6 Å². The topological polar surface area (TPSA) is 136 Å². The summed E-state index contributed by atoms with van der Waals surface area (Å²) in [6.07, 6.45) is -0.969. The van der Waals surface area contributed by atoms with Gasteiger partial charge in [0.1, 0.15) is 12.4 Å². The molecule has 206 valence electrons. The monoisotopic (exact) mass is 562 g/mol. The number of esters is 1. The number of ether oxygens (including phenoxy) is 1. The van der Waals surface area contributed by atoms with Crippen molar-refractivity contribution in [3.8, 4) is 0 Å². The number of benzene rings is 3. The van der Waals surface area contributed by atoms with Crippen LogP contribution in [0.3, 0.4) is 0 Å². The van der Waals surface area contributed by atoms with Crippen LogP contribution in [0, 0.1) is 22.0 Å². The average Bonchev–Trinajstić information content (AvgIpc) is 3.20. The Hall–Kier alpha value is -4.27. The lowest BCUT2D eigenvalue weighted by molar-refractivity contribution is -0.384. The highest BCUT2D eigenvalue weighted by atomic mass is 31.2. The molecule has 2 unspecified atom stereocenters. The zero-order valence-electron chi connectivity index (χ0n) is 21.7. The number of amides is 1. The van der Waals surface area contributed by atoms with Gasteiger partial charge >= 0.3 is 13.3 Å².